The summed E-state index contributed by atoms with van der Waals surface area (Å²) in [6, 6.07) is 7.61. The van der Waals surface area contributed by atoms with Gasteiger partial charge < -0.3 is 10.5 Å². The quantitative estimate of drug-likeness (QED) is 0.875. The molecule has 0 bridgehead atoms. The first kappa shape index (κ1) is 14.4. The summed E-state index contributed by atoms with van der Waals surface area (Å²) in [5.41, 5.74) is 8.12. The molecule has 0 aliphatic heterocycles. The number of nitrogens with two attached hydrogens (primary N) is 1. The molecule has 0 radical (unpaired) electrons. The minimum Gasteiger partial charge on any atom is -0.481 e. The molecule has 1 unspecified atom stereocenters. The average Bonchev–Trinajstić information content (AvgIpc) is 2.38. The predicted octanol–water partition coefficient (Wildman–Crippen LogP) is 3.25. The van der Waals surface area contributed by atoms with Gasteiger partial charge in [-0.15, -0.1) is 0 Å². The molecule has 2 rings (SSSR count). The van der Waals surface area contributed by atoms with Gasteiger partial charge in [0.25, 0.3) is 0 Å². The minimum atomic E-state index is -0.137. The van der Waals surface area contributed by atoms with Crippen molar-refractivity contribution in [3.8, 4) is 5.88 Å². The molecule has 0 fully saturated rings. The number of benzene rings is 1. The lowest BCUT2D eigenvalue weighted by Crippen LogP contribution is -2.15. The fraction of sp³-hybridized carbons (Fsp3) is 0.231. The van der Waals surface area contributed by atoms with Gasteiger partial charge in [0.15, 0.2) is 0 Å². The monoisotopic (exact) mass is 385 g/mol. The summed E-state index contributed by atoms with van der Waals surface area (Å²) in [5, 5.41) is 0. The number of nitrogens with zero attached hydrogens (tertiary/aromatic N) is 2. The van der Waals surface area contributed by atoms with Gasteiger partial charge >= 0.3 is 0 Å². The van der Waals surface area contributed by atoms with Gasteiger partial charge in [-0.1, -0.05) is 37.9 Å². The average molecular weight is 387 g/mol. The summed E-state index contributed by atoms with van der Waals surface area (Å²) in [4.78, 5) is 8.18. The normalized spacial score (nSPS) is 12.2. The van der Waals surface area contributed by atoms with Gasteiger partial charge in [0, 0.05) is 33.2 Å². The first-order chi connectivity index (χ1) is 9.10. The predicted molar refractivity (Wildman–Crippen MR) is 81.1 cm³/mol. The highest BCUT2D eigenvalue weighted by atomic mass is 79.9. The zero-order chi connectivity index (χ0) is 13.8. The van der Waals surface area contributed by atoms with E-state index in [1.165, 1.54) is 6.33 Å². The molecule has 1 aromatic carbocycles. The summed E-state index contributed by atoms with van der Waals surface area (Å²) in [6.45, 7) is 0. The van der Waals surface area contributed by atoms with Gasteiger partial charge in [-0.2, -0.15) is 0 Å². The van der Waals surface area contributed by atoms with E-state index >= 15 is 0 Å². The second-order valence-electron chi connectivity index (χ2n) is 4.03. The molecule has 1 heterocycles. The molecule has 0 spiro atoms. The van der Waals surface area contributed by atoms with Crippen molar-refractivity contribution in [1.29, 1.82) is 0 Å². The van der Waals surface area contributed by atoms with Crippen molar-refractivity contribution in [2.75, 3.05) is 7.11 Å². The van der Waals surface area contributed by atoms with Crippen LogP contribution in [0.1, 0.15) is 17.3 Å². The maximum absolute atomic E-state index is 6.22. The molecule has 0 amide bonds. The summed E-state index contributed by atoms with van der Waals surface area (Å²) < 4.78 is 7.07. The Bertz CT molecular complexity index is 578. The van der Waals surface area contributed by atoms with Crippen LogP contribution in [-0.4, -0.2) is 17.1 Å². The van der Waals surface area contributed by atoms with Crippen molar-refractivity contribution < 1.29 is 4.74 Å². The molecule has 0 aliphatic rings. The van der Waals surface area contributed by atoms with E-state index in [4.69, 9.17) is 10.5 Å². The molecule has 1 aromatic heterocycles. The Balaban J connectivity index is 2.17. The van der Waals surface area contributed by atoms with Crippen LogP contribution >= 0.6 is 31.9 Å². The number of hydrogen-bond acceptors (Lipinski definition) is 4. The fourth-order valence-electron chi connectivity index (χ4n) is 1.74. The molecule has 19 heavy (non-hydrogen) atoms. The third-order valence-corrected chi connectivity index (χ3v) is 3.88. The third kappa shape index (κ3) is 3.75. The van der Waals surface area contributed by atoms with Gasteiger partial charge in [0.2, 0.25) is 5.88 Å². The van der Waals surface area contributed by atoms with E-state index in [1.54, 1.807) is 13.2 Å². The van der Waals surface area contributed by atoms with E-state index in [2.05, 4.69) is 41.8 Å². The van der Waals surface area contributed by atoms with Crippen molar-refractivity contribution >= 4 is 31.9 Å². The van der Waals surface area contributed by atoms with Gasteiger partial charge in [-0.25, -0.2) is 9.97 Å². The number of aromatic nitrogens is 2. The zero-order valence-electron chi connectivity index (χ0n) is 10.3. The van der Waals surface area contributed by atoms with Crippen LogP contribution in [-0.2, 0) is 6.42 Å². The number of halogens is 2. The Morgan fingerprint density at radius 1 is 1.26 bits per heavy atom. The summed E-state index contributed by atoms with van der Waals surface area (Å²) in [6.07, 6.45) is 2.11. The smallest absolute Gasteiger partial charge is 0.216 e. The van der Waals surface area contributed by atoms with Crippen LogP contribution in [0.2, 0.25) is 0 Å². The number of methoxy groups -OCH3 is 1. The van der Waals surface area contributed by atoms with Crippen LogP contribution in [0, 0.1) is 0 Å². The molecule has 4 nitrogen and oxygen atoms in total. The van der Waals surface area contributed by atoms with E-state index in [9.17, 15) is 0 Å². The van der Waals surface area contributed by atoms with Crippen LogP contribution < -0.4 is 10.5 Å². The van der Waals surface area contributed by atoms with Crippen LogP contribution in [0.4, 0.5) is 0 Å². The van der Waals surface area contributed by atoms with E-state index in [1.807, 2.05) is 18.2 Å². The second-order valence-corrected chi connectivity index (χ2v) is 5.80. The molecule has 1 atom stereocenters. The number of hydrogen-bond donors (Lipinski definition) is 1. The highest BCUT2D eigenvalue weighted by Gasteiger charge is 2.12. The van der Waals surface area contributed by atoms with Crippen LogP contribution in [0.25, 0.3) is 0 Å². The maximum Gasteiger partial charge on any atom is 0.216 e. The van der Waals surface area contributed by atoms with Crippen molar-refractivity contribution in [1.82, 2.24) is 9.97 Å². The van der Waals surface area contributed by atoms with Crippen molar-refractivity contribution in [2.45, 2.75) is 12.5 Å². The lowest BCUT2D eigenvalue weighted by Gasteiger charge is -2.14. The van der Waals surface area contributed by atoms with E-state index in [0.29, 0.717) is 12.3 Å². The summed E-state index contributed by atoms with van der Waals surface area (Å²) in [5.74, 6) is 0.548. The maximum atomic E-state index is 6.22. The lowest BCUT2D eigenvalue weighted by molar-refractivity contribution is 0.395. The molecule has 2 N–H and O–H groups in total. The number of ether oxygens (including phenoxy) is 1. The summed E-state index contributed by atoms with van der Waals surface area (Å²) in [7, 11) is 1.58. The molecular formula is C13H13Br2N3O. The second kappa shape index (κ2) is 6.45. The summed E-state index contributed by atoms with van der Waals surface area (Å²) >= 11 is 6.94. The molecule has 0 saturated heterocycles. The SMILES string of the molecule is COc1cc(CC(N)c2ccc(Br)cc2Br)ncn1. The highest BCUT2D eigenvalue weighted by Crippen LogP contribution is 2.27. The lowest BCUT2D eigenvalue weighted by atomic mass is 10.0. The largest absolute Gasteiger partial charge is 0.481 e. The Kier molecular flexibility index (Phi) is 4.90. The van der Waals surface area contributed by atoms with E-state index in [0.717, 1.165) is 20.2 Å². The molecular weight excluding hydrogens is 374 g/mol. The first-order valence-corrected chi connectivity index (χ1v) is 7.24. The Labute approximate surface area is 128 Å². The molecule has 6 heteroatoms. The Hall–Kier alpha value is -0.980. The van der Waals surface area contributed by atoms with E-state index in [-0.39, 0.29) is 6.04 Å². The minimum absolute atomic E-state index is 0.137. The van der Waals surface area contributed by atoms with Crippen molar-refractivity contribution in [3.63, 3.8) is 0 Å². The standard InChI is InChI=1S/C13H13Br2N3O/c1-19-13-6-9(17-7-18-13)5-12(16)10-3-2-8(14)4-11(10)15/h2-4,6-7,12H,5,16H2,1H3. The third-order valence-electron chi connectivity index (χ3n) is 2.70. The fourth-order valence-corrected chi connectivity index (χ4v) is 3.08. The number of rotatable bonds is 4. The van der Waals surface area contributed by atoms with Gasteiger partial charge in [0.1, 0.15) is 6.33 Å². The highest BCUT2D eigenvalue weighted by molar-refractivity contribution is 9.11. The van der Waals surface area contributed by atoms with Gasteiger partial charge in [0.05, 0.1) is 7.11 Å². The Morgan fingerprint density at radius 2 is 2.05 bits per heavy atom. The van der Waals surface area contributed by atoms with Crippen molar-refractivity contribution in [2.24, 2.45) is 5.73 Å². The molecule has 100 valence electrons. The van der Waals surface area contributed by atoms with E-state index < -0.39 is 0 Å². The molecule has 0 saturated carbocycles. The molecule has 0 aliphatic carbocycles. The van der Waals surface area contributed by atoms with Gasteiger partial charge in [-0.05, 0) is 17.7 Å². The van der Waals surface area contributed by atoms with Crippen molar-refractivity contribution in [3.05, 3.63) is 50.8 Å². The Morgan fingerprint density at radius 3 is 2.74 bits per heavy atom. The van der Waals surface area contributed by atoms with Gasteiger partial charge in [-0.3, -0.25) is 0 Å². The molecule has 2 aromatic rings. The van der Waals surface area contributed by atoms with Crippen LogP contribution in [0.15, 0.2) is 39.5 Å². The first-order valence-electron chi connectivity index (χ1n) is 5.65. The topological polar surface area (TPSA) is 61.0 Å². The zero-order valence-corrected chi connectivity index (χ0v) is 13.5. The van der Waals surface area contributed by atoms with Crippen LogP contribution in [0.3, 0.4) is 0 Å². The van der Waals surface area contributed by atoms with Crippen LogP contribution in [0.5, 0.6) is 5.88 Å².